The van der Waals surface area contributed by atoms with Gasteiger partial charge in [-0.2, -0.15) is 13.2 Å². The number of hydrogen-bond donors (Lipinski definition) is 0. The molecule has 0 aliphatic heterocycles. The second-order valence-electron chi connectivity index (χ2n) is 2.79. The number of aromatic nitrogens is 1. The topological polar surface area (TPSA) is 12.9 Å². The average Bonchev–Trinajstić information content (AvgIpc) is 2.14. The van der Waals surface area contributed by atoms with Crippen molar-refractivity contribution in [2.45, 2.75) is 17.9 Å². The van der Waals surface area contributed by atoms with Gasteiger partial charge in [-0.05, 0) is 22.0 Å². The number of rotatable bonds is 2. The minimum Gasteiger partial charge on any atom is -0.236 e. The molecule has 1 aromatic rings. The number of pyridine rings is 1. The van der Waals surface area contributed by atoms with Crippen LogP contribution in [0, 0.1) is 0 Å². The second-order valence-corrected chi connectivity index (χ2v) is 4.17. The molecular weight excluding hydrogens is 365 g/mol. The third-order valence-electron chi connectivity index (χ3n) is 1.76. The summed E-state index contributed by atoms with van der Waals surface area (Å²) in [4.78, 5) is 3.19. The highest BCUT2D eigenvalue weighted by Crippen LogP contribution is 2.37. The molecular formula is C8H4Br2F5N. The van der Waals surface area contributed by atoms with E-state index in [0.29, 0.717) is 0 Å². The molecule has 1 aromatic heterocycles. The molecule has 0 amide bonds. The Balaban J connectivity index is 3.49. The molecule has 90 valence electrons. The summed E-state index contributed by atoms with van der Waals surface area (Å²) in [5.74, 6) is 0. The van der Waals surface area contributed by atoms with E-state index in [1.54, 1.807) is 0 Å². The molecule has 0 aliphatic carbocycles. The molecule has 1 heterocycles. The molecule has 1 rings (SSSR count). The van der Waals surface area contributed by atoms with Gasteiger partial charge in [-0.25, -0.2) is 13.8 Å². The van der Waals surface area contributed by atoms with Gasteiger partial charge in [0.2, 0.25) is 0 Å². The molecule has 1 nitrogen and oxygen atoms in total. The predicted octanol–water partition coefficient (Wildman–Crippen LogP) is 4.70. The van der Waals surface area contributed by atoms with Crippen molar-refractivity contribution in [1.29, 1.82) is 0 Å². The SMILES string of the molecule is FC(F)c1cc(Br)nc(C(F)(F)F)c1CBr. The van der Waals surface area contributed by atoms with E-state index < -0.39 is 29.4 Å². The Bertz CT molecular complexity index is 391. The average molecular weight is 369 g/mol. The first-order chi connectivity index (χ1) is 7.27. The van der Waals surface area contributed by atoms with Crippen molar-refractivity contribution in [2.75, 3.05) is 0 Å². The van der Waals surface area contributed by atoms with E-state index in [0.717, 1.165) is 6.07 Å². The van der Waals surface area contributed by atoms with Gasteiger partial charge in [0.1, 0.15) is 10.3 Å². The van der Waals surface area contributed by atoms with Crippen LogP contribution in [0.2, 0.25) is 0 Å². The standard InChI is InChI=1S/C8H4Br2F5N/c9-2-4-3(7(11)12)1-5(10)16-6(4)8(13,14)15/h1,7H,2H2. The van der Waals surface area contributed by atoms with E-state index in [1.807, 2.05) is 0 Å². The Morgan fingerprint density at radius 2 is 1.88 bits per heavy atom. The van der Waals surface area contributed by atoms with E-state index >= 15 is 0 Å². The fourth-order valence-electron chi connectivity index (χ4n) is 1.13. The van der Waals surface area contributed by atoms with Crippen LogP contribution in [0.15, 0.2) is 10.7 Å². The van der Waals surface area contributed by atoms with Gasteiger partial charge in [0.15, 0.2) is 0 Å². The monoisotopic (exact) mass is 367 g/mol. The summed E-state index contributed by atoms with van der Waals surface area (Å²) < 4.78 is 62.3. The zero-order valence-corrected chi connectivity index (χ0v) is 10.6. The van der Waals surface area contributed by atoms with Crippen molar-refractivity contribution in [2.24, 2.45) is 0 Å². The predicted molar refractivity (Wildman–Crippen MR) is 54.5 cm³/mol. The van der Waals surface area contributed by atoms with Crippen molar-refractivity contribution in [3.05, 3.63) is 27.5 Å². The van der Waals surface area contributed by atoms with Crippen molar-refractivity contribution >= 4 is 31.9 Å². The molecule has 0 spiro atoms. The normalized spacial score (nSPS) is 12.2. The van der Waals surface area contributed by atoms with Gasteiger partial charge in [0.05, 0.1) is 0 Å². The summed E-state index contributed by atoms with van der Waals surface area (Å²) in [6.45, 7) is 0. The Kier molecular flexibility index (Phi) is 4.28. The number of nitrogens with zero attached hydrogens (tertiary/aromatic N) is 1. The molecule has 0 saturated carbocycles. The van der Waals surface area contributed by atoms with E-state index in [2.05, 4.69) is 36.8 Å². The first-order valence-electron chi connectivity index (χ1n) is 3.88. The van der Waals surface area contributed by atoms with Gasteiger partial charge in [-0.1, -0.05) is 15.9 Å². The van der Waals surface area contributed by atoms with Crippen LogP contribution in [-0.4, -0.2) is 4.98 Å². The van der Waals surface area contributed by atoms with Crippen molar-refractivity contribution in [3.63, 3.8) is 0 Å². The molecule has 0 atom stereocenters. The van der Waals surface area contributed by atoms with Gasteiger partial charge in [-0.3, -0.25) is 0 Å². The number of hydrogen-bond acceptors (Lipinski definition) is 1. The highest BCUT2D eigenvalue weighted by Gasteiger charge is 2.37. The summed E-state index contributed by atoms with van der Waals surface area (Å²) in [5, 5.41) is -0.332. The van der Waals surface area contributed by atoms with Gasteiger partial charge in [-0.15, -0.1) is 0 Å². The van der Waals surface area contributed by atoms with Crippen LogP contribution in [0.25, 0.3) is 0 Å². The molecule has 0 fully saturated rings. The lowest BCUT2D eigenvalue weighted by molar-refractivity contribution is -0.141. The smallest absolute Gasteiger partial charge is 0.236 e. The lowest BCUT2D eigenvalue weighted by Gasteiger charge is -2.14. The van der Waals surface area contributed by atoms with Crippen LogP contribution in [0.4, 0.5) is 22.0 Å². The van der Waals surface area contributed by atoms with Crippen LogP contribution in [0.3, 0.4) is 0 Å². The zero-order valence-electron chi connectivity index (χ0n) is 7.45. The van der Waals surface area contributed by atoms with Gasteiger partial charge < -0.3 is 0 Å². The zero-order chi connectivity index (χ0) is 12.5. The molecule has 8 heteroatoms. The molecule has 0 unspecified atom stereocenters. The number of alkyl halides is 6. The first kappa shape index (κ1) is 13.8. The maximum atomic E-state index is 12.5. The van der Waals surface area contributed by atoms with Crippen LogP contribution >= 0.6 is 31.9 Å². The van der Waals surface area contributed by atoms with Gasteiger partial charge in [0, 0.05) is 16.5 Å². The van der Waals surface area contributed by atoms with Crippen LogP contribution < -0.4 is 0 Å². The Labute approximate surface area is 104 Å². The fourth-order valence-corrected chi connectivity index (χ4v) is 2.14. The Hall–Kier alpha value is -0.240. The lowest BCUT2D eigenvalue weighted by atomic mass is 10.1. The second kappa shape index (κ2) is 4.95. The highest BCUT2D eigenvalue weighted by atomic mass is 79.9. The quantitative estimate of drug-likeness (QED) is 0.419. The molecule has 0 aliphatic rings. The maximum Gasteiger partial charge on any atom is 0.433 e. The van der Waals surface area contributed by atoms with Crippen molar-refractivity contribution < 1.29 is 22.0 Å². The largest absolute Gasteiger partial charge is 0.433 e. The van der Waals surface area contributed by atoms with Gasteiger partial charge in [0.25, 0.3) is 6.43 Å². The highest BCUT2D eigenvalue weighted by molar-refractivity contribution is 9.10. The summed E-state index contributed by atoms with van der Waals surface area (Å²) >= 11 is 5.43. The lowest BCUT2D eigenvalue weighted by Crippen LogP contribution is -2.14. The van der Waals surface area contributed by atoms with Crippen LogP contribution in [-0.2, 0) is 11.5 Å². The van der Waals surface area contributed by atoms with E-state index in [4.69, 9.17) is 0 Å². The van der Waals surface area contributed by atoms with Gasteiger partial charge >= 0.3 is 6.18 Å². The van der Waals surface area contributed by atoms with E-state index in [-0.39, 0.29) is 9.93 Å². The minimum absolute atomic E-state index is 0.264. The Morgan fingerprint density at radius 3 is 2.25 bits per heavy atom. The molecule has 0 aromatic carbocycles. The molecule has 0 bridgehead atoms. The fraction of sp³-hybridized carbons (Fsp3) is 0.375. The van der Waals surface area contributed by atoms with E-state index in [9.17, 15) is 22.0 Å². The first-order valence-corrected chi connectivity index (χ1v) is 5.79. The molecule has 0 saturated heterocycles. The van der Waals surface area contributed by atoms with Crippen molar-refractivity contribution in [3.8, 4) is 0 Å². The molecule has 0 radical (unpaired) electrons. The Morgan fingerprint density at radius 1 is 1.31 bits per heavy atom. The summed E-state index contributed by atoms with van der Waals surface area (Å²) in [5.41, 5.74) is -2.51. The molecule has 16 heavy (non-hydrogen) atoms. The number of halogens is 7. The van der Waals surface area contributed by atoms with Crippen molar-refractivity contribution in [1.82, 2.24) is 4.98 Å². The third-order valence-corrected chi connectivity index (χ3v) is 2.73. The van der Waals surface area contributed by atoms with Crippen LogP contribution in [0.5, 0.6) is 0 Å². The van der Waals surface area contributed by atoms with Crippen LogP contribution in [0.1, 0.15) is 23.2 Å². The summed E-state index contributed by atoms with van der Waals surface area (Å²) in [7, 11) is 0. The summed E-state index contributed by atoms with van der Waals surface area (Å²) in [6, 6.07) is 0.885. The summed E-state index contributed by atoms with van der Waals surface area (Å²) in [6.07, 6.45) is -7.73. The minimum atomic E-state index is -4.75. The molecule has 0 N–H and O–H groups in total. The third kappa shape index (κ3) is 2.91. The van der Waals surface area contributed by atoms with E-state index in [1.165, 1.54) is 0 Å². The maximum absolute atomic E-state index is 12.5.